The molecule has 3 aromatic rings. The van der Waals surface area contributed by atoms with E-state index < -0.39 is 0 Å². The van der Waals surface area contributed by atoms with Crippen molar-refractivity contribution >= 4 is 23.2 Å². The van der Waals surface area contributed by atoms with Gasteiger partial charge in [-0.15, -0.1) is 0 Å². The Balaban J connectivity index is 1.52. The van der Waals surface area contributed by atoms with Gasteiger partial charge in [0.15, 0.2) is 5.69 Å². The SMILES string of the molecule is Cc1cccc(NC(=O)c2cc3n(n2)CC(c2ccc(Cl)cc2)OC3)c1C. The smallest absolute Gasteiger partial charge is 0.276 e. The molecule has 1 amide bonds. The van der Waals surface area contributed by atoms with E-state index >= 15 is 0 Å². The maximum absolute atomic E-state index is 12.6. The number of nitrogens with one attached hydrogen (secondary N) is 1. The Morgan fingerprint density at radius 1 is 1.22 bits per heavy atom. The lowest BCUT2D eigenvalue weighted by molar-refractivity contribution is -0.00118. The third-order valence-electron chi connectivity index (χ3n) is 4.96. The van der Waals surface area contributed by atoms with E-state index in [9.17, 15) is 4.79 Å². The minimum atomic E-state index is -0.214. The van der Waals surface area contributed by atoms with Gasteiger partial charge in [0, 0.05) is 10.7 Å². The Bertz CT molecular complexity index is 995. The number of amides is 1. The number of carbonyl (C=O) groups excluding carboxylic acids is 1. The first-order valence-corrected chi connectivity index (χ1v) is 9.20. The third-order valence-corrected chi connectivity index (χ3v) is 5.21. The summed E-state index contributed by atoms with van der Waals surface area (Å²) in [6.45, 7) is 4.99. The molecular formula is C21H20ClN3O2. The van der Waals surface area contributed by atoms with Gasteiger partial charge in [-0.3, -0.25) is 9.48 Å². The fraction of sp³-hybridized carbons (Fsp3) is 0.238. The summed E-state index contributed by atoms with van der Waals surface area (Å²) in [6.07, 6.45) is -0.107. The molecule has 5 nitrogen and oxygen atoms in total. The molecule has 1 aromatic heterocycles. The first-order valence-electron chi connectivity index (χ1n) is 8.82. The van der Waals surface area contributed by atoms with Crippen LogP contribution < -0.4 is 5.32 Å². The number of nitrogens with zero attached hydrogens (tertiary/aromatic N) is 2. The topological polar surface area (TPSA) is 56.2 Å². The van der Waals surface area contributed by atoms with Gasteiger partial charge in [0.1, 0.15) is 6.10 Å². The number of rotatable bonds is 3. The summed E-state index contributed by atoms with van der Waals surface area (Å²) >= 11 is 5.95. The largest absolute Gasteiger partial charge is 0.365 e. The maximum Gasteiger partial charge on any atom is 0.276 e. The quantitative estimate of drug-likeness (QED) is 0.716. The molecule has 0 saturated carbocycles. The van der Waals surface area contributed by atoms with E-state index in [4.69, 9.17) is 16.3 Å². The van der Waals surface area contributed by atoms with E-state index in [2.05, 4.69) is 10.4 Å². The second-order valence-corrected chi connectivity index (χ2v) is 7.19. The van der Waals surface area contributed by atoms with Crippen molar-refractivity contribution in [3.63, 3.8) is 0 Å². The molecule has 27 heavy (non-hydrogen) atoms. The second kappa shape index (κ2) is 7.18. The van der Waals surface area contributed by atoms with Crippen molar-refractivity contribution in [1.29, 1.82) is 0 Å². The van der Waals surface area contributed by atoms with E-state index in [1.807, 2.05) is 61.0 Å². The van der Waals surface area contributed by atoms with Crippen LogP contribution in [-0.4, -0.2) is 15.7 Å². The number of ether oxygens (including phenoxy) is 1. The number of fused-ring (bicyclic) bond motifs is 1. The summed E-state index contributed by atoms with van der Waals surface area (Å²) in [4.78, 5) is 12.6. The molecule has 1 atom stereocenters. The van der Waals surface area contributed by atoms with Gasteiger partial charge in [0.25, 0.3) is 5.91 Å². The first kappa shape index (κ1) is 17.8. The summed E-state index contributed by atoms with van der Waals surface area (Å²) in [5, 5.41) is 8.14. The van der Waals surface area contributed by atoms with Crippen molar-refractivity contribution in [2.24, 2.45) is 0 Å². The monoisotopic (exact) mass is 381 g/mol. The number of benzene rings is 2. The van der Waals surface area contributed by atoms with Crippen LogP contribution in [0.4, 0.5) is 5.69 Å². The van der Waals surface area contributed by atoms with Crippen LogP contribution in [-0.2, 0) is 17.9 Å². The molecule has 1 N–H and O–H groups in total. The highest BCUT2D eigenvalue weighted by atomic mass is 35.5. The van der Waals surface area contributed by atoms with Crippen LogP contribution >= 0.6 is 11.6 Å². The normalized spacial score (nSPS) is 16.0. The average Bonchev–Trinajstić information content (AvgIpc) is 3.09. The molecule has 0 spiro atoms. The van der Waals surface area contributed by atoms with Crippen molar-refractivity contribution < 1.29 is 9.53 Å². The number of hydrogen-bond donors (Lipinski definition) is 1. The van der Waals surface area contributed by atoms with Gasteiger partial charge in [-0.1, -0.05) is 35.9 Å². The van der Waals surface area contributed by atoms with Crippen molar-refractivity contribution in [3.8, 4) is 0 Å². The molecule has 2 heterocycles. The molecule has 6 heteroatoms. The zero-order chi connectivity index (χ0) is 19.0. The van der Waals surface area contributed by atoms with Crippen LogP contribution in [0.5, 0.6) is 0 Å². The highest BCUT2D eigenvalue weighted by molar-refractivity contribution is 6.30. The van der Waals surface area contributed by atoms with E-state index in [0.29, 0.717) is 23.9 Å². The zero-order valence-corrected chi connectivity index (χ0v) is 16.0. The molecular weight excluding hydrogens is 362 g/mol. The molecule has 4 rings (SSSR count). The van der Waals surface area contributed by atoms with E-state index in [1.165, 1.54) is 0 Å². The van der Waals surface area contributed by atoms with Gasteiger partial charge in [-0.25, -0.2) is 0 Å². The molecule has 2 aromatic carbocycles. The van der Waals surface area contributed by atoms with E-state index in [1.54, 1.807) is 6.07 Å². The minimum absolute atomic E-state index is 0.107. The minimum Gasteiger partial charge on any atom is -0.365 e. The van der Waals surface area contributed by atoms with Crippen LogP contribution in [0.15, 0.2) is 48.5 Å². The summed E-state index contributed by atoms with van der Waals surface area (Å²) in [5.74, 6) is -0.214. The predicted octanol–water partition coefficient (Wildman–Crippen LogP) is 4.68. The number of aromatic nitrogens is 2. The van der Waals surface area contributed by atoms with Crippen molar-refractivity contribution in [3.05, 3.63) is 81.6 Å². The molecule has 0 aliphatic carbocycles. The number of anilines is 1. The van der Waals surface area contributed by atoms with Gasteiger partial charge < -0.3 is 10.1 Å². The molecule has 1 unspecified atom stereocenters. The maximum atomic E-state index is 12.6. The fourth-order valence-electron chi connectivity index (χ4n) is 3.19. The first-order chi connectivity index (χ1) is 13.0. The average molecular weight is 382 g/mol. The number of carbonyl (C=O) groups is 1. The molecule has 1 aliphatic rings. The van der Waals surface area contributed by atoms with Crippen molar-refractivity contribution in [2.45, 2.75) is 33.1 Å². The molecule has 138 valence electrons. The lowest BCUT2D eigenvalue weighted by Crippen LogP contribution is -2.22. The predicted molar refractivity (Wildman–Crippen MR) is 105 cm³/mol. The Morgan fingerprint density at radius 2 is 2.00 bits per heavy atom. The van der Waals surface area contributed by atoms with Crippen LogP contribution in [0.25, 0.3) is 0 Å². The number of halogens is 1. The number of hydrogen-bond acceptors (Lipinski definition) is 3. The Hall–Kier alpha value is -2.63. The summed E-state index contributed by atoms with van der Waals surface area (Å²) in [6, 6.07) is 15.2. The van der Waals surface area contributed by atoms with E-state index in [-0.39, 0.29) is 12.0 Å². The Labute approximate surface area is 162 Å². The van der Waals surface area contributed by atoms with Gasteiger partial charge in [0.05, 0.1) is 18.8 Å². The lowest BCUT2D eigenvalue weighted by atomic mass is 10.1. The summed E-state index contributed by atoms with van der Waals surface area (Å²) in [5.41, 5.74) is 5.33. The second-order valence-electron chi connectivity index (χ2n) is 6.76. The molecule has 0 radical (unpaired) electrons. The van der Waals surface area contributed by atoms with Gasteiger partial charge in [-0.05, 0) is 54.8 Å². The molecule has 0 fully saturated rings. The highest BCUT2D eigenvalue weighted by Gasteiger charge is 2.24. The van der Waals surface area contributed by atoms with Crippen LogP contribution in [0.1, 0.15) is 39.0 Å². The van der Waals surface area contributed by atoms with Gasteiger partial charge in [0.2, 0.25) is 0 Å². The Kier molecular flexibility index (Phi) is 4.72. The third kappa shape index (κ3) is 3.61. The molecule has 0 bridgehead atoms. The fourth-order valence-corrected chi connectivity index (χ4v) is 3.31. The highest BCUT2D eigenvalue weighted by Crippen LogP contribution is 2.28. The molecule has 0 saturated heterocycles. The van der Waals surface area contributed by atoms with Crippen molar-refractivity contribution in [1.82, 2.24) is 9.78 Å². The molecule has 1 aliphatic heterocycles. The Morgan fingerprint density at radius 3 is 2.78 bits per heavy atom. The van der Waals surface area contributed by atoms with Crippen molar-refractivity contribution in [2.75, 3.05) is 5.32 Å². The zero-order valence-electron chi connectivity index (χ0n) is 15.2. The number of aryl methyl sites for hydroxylation is 1. The van der Waals surface area contributed by atoms with Crippen LogP contribution in [0.3, 0.4) is 0 Å². The van der Waals surface area contributed by atoms with Crippen LogP contribution in [0.2, 0.25) is 5.02 Å². The summed E-state index contributed by atoms with van der Waals surface area (Å²) < 4.78 is 7.79. The standard InChI is InChI=1S/C21H20ClN3O2/c1-13-4-3-5-18(14(13)2)23-21(26)19-10-17-12-27-20(11-25(17)24-19)15-6-8-16(22)9-7-15/h3-10,20H,11-12H2,1-2H3,(H,23,26). The summed E-state index contributed by atoms with van der Waals surface area (Å²) in [7, 11) is 0. The van der Waals surface area contributed by atoms with Gasteiger partial charge >= 0.3 is 0 Å². The lowest BCUT2D eigenvalue weighted by Gasteiger charge is -2.24. The van der Waals surface area contributed by atoms with E-state index in [0.717, 1.165) is 28.1 Å². The van der Waals surface area contributed by atoms with Gasteiger partial charge in [-0.2, -0.15) is 5.10 Å². The van der Waals surface area contributed by atoms with Crippen LogP contribution in [0, 0.1) is 13.8 Å².